The largest absolute Gasteiger partial charge is 0.493 e. The van der Waals surface area contributed by atoms with Crippen LogP contribution in [0.5, 0.6) is 11.5 Å². The summed E-state index contributed by atoms with van der Waals surface area (Å²) in [6.07, 6.45) is 3.99. The number of aryl methyl sites for hydroxylation is 1. The Kier molecular flexibility index (Phi) is 10.4. The van der Waals surface area contributed by atoms with E-state index in [1.807, 2.05) is 25.1 Å². The molecule has 0 unspecified atom stereocenters. The molecule has 1 aromatic heterocycles. The molecule has 1 fully saturated rings. The molecule has 10 heteroatoms. The number of aromatic nitrogens is 2. The van der Waals surface area contributed by atoms with Gasteiger partial charge in [0, 0.05) is 58.9 Å². The number of hydrogen-bond acceptors (Lipinski definition) is 8. The normalized spacial score (nSPS) is 13.8. The number of nitrogens with zero attached hydrogens (tertiary/aromatic N) is 5. The van der Waals surface area contributed by atoms with Crippen molar-refractivity contribution in [1.82, 2.24) is 24.7 Å². The van der Waals surface area contributed by atoms with Gasteiger partial charge >= 0.3 is 0 Å². The van der Waals surface area contributed by atoms with Crippen LogP contribution in [0.2, 0.25) is 0 Å². The lowest BCUT2D eigenvalue weighted by Crippen LogP contribution is -2.44. The van der Waals surface area contributed by atoms with Crippen LogP contribution in [0.3, 0.4) is 0 Å². The van der Waals surface area contributed by atoms with E-state index >= 15 is 0 Å². The minimum atomic E-state index is -0.212. The molecule has 3 rings (SSSR count). The molecule has 0 radical (unpaired) electrons. The average molecular weight is 500 g/mol. The number of carbonyl (C=O) groups is 2. The number of ether oxygens (including phenoxy) is 3. The lowest BCUT2D eigenvalue weighted by Gasteiger charge is -2.30. The van der Waals surface area contributed by atoms with Crippen LogP contribution in [0.1, 0.15) is 28.2 Å². The van der Waals surface area contributed by atoms with Gasteiger partial charge in [-0.15, -0.1) is 0 Å². The molecule has 1 aliphatic rings. The van der Waals surface area contributed by atoms with Gasteiger partial charge in [-0.25, -0.2) is 4.98 Å². The Morgan fingerprint density at radius 3 is 2.44 bits per heavy atom. The number of benzene rings is 1. The first-order valence-electron chi connectivity index (χ1n) is 12.2. The summed E-state index contributed by atoms with van der Waals surface area (Å²) < 4.78 is 16.1. The lowest BCUT2D eigenvalue weighted by molar-refractivity contribution is -0.130. The van der Waals surface area contributed by atoms with Crippen molar-refractivity contribution in [1.29, 1.82) is 0 Å². The van der Waals surface area contributed by atoms with E-state index in [-0.39, 0.29) is 23.9 Å². The monoisotopic (exact) mass is 499 g/mol. The third-order valence-corrected chi connectivity index (χ3v) is 6.28. The zero-order chi connectivity index (χ0) is 25.9. The zero-order valence-electron chi connectivity index (χ0n) is 21.7. The predicted molar refractivity (Wildman–Crippen MR) is 135 cm³/mol. The summed E-state index contributed by atoms with van der Waals surface area (Å²) in [4.78, 5) is 40.2. The van der Waals surface area contributed by atoms with Gasteiger partial charge < -0.3 is 24.0 Å². The van der Waals surface area contributed by atoms with Crippen LogP contribution in [0.25, 0.3) is 0 Å². The average Bonchev–Trinajstić information content (AvgIpc) is 2.92. The Bertz CT molecular complexity index is 995. The number of morpholine rings is 1. The van der Waals surface area contributed by atoms with Gasteiger partial charge in [0.05, 0.1) is 39.3 Å². The molecular formula is C26H37N5O5. The molecule has 2 aromatic rings. The molecule has 1 aromatic carbocycles. The molecule has 0 spiro atoms. The molecule has 36 heavy (non-hydrogen) atoms. The van der Waals surface area contributed by atoms with Crippen molar-refractivity contribution < 1.29 is 23.8 Å². The second-order valence-corrected chi connectivity index (χ2v) is 8.79. The maximum absolute atomic E-state index is 13.2. The van der Waals surface area contributed by atoms with Crippen molar-refractivity contribution in [2.24, 2.45) is 0 Å². The van der Waals surface area contributed by atoms with Crippen LogP contribution < -0.4 is 9.47 Å². The first kappa shape index (κ1) is 27.3. The Morgan fingerprint density at radius 2 is 1.78 bits per heavy atom. The van der Waals surface area contributed by atoms with Crippen molar-refractivity contribution in [2.75, 3.05) is 73.7 Å². The molecule has 2 amide bonds. The van der Waals surface area contributed by atoms with E-state index in [2.05, 4.69) is 14.9 Å². The number of likely N-dealkylation sites (N-methyl/N-ethyl adjacent to an activating group) is 1. The highest BCUT2D eigenvalue weighted by Gasteiger charge is 2.21. The summed E-state index contributed by atoms with van der Waals surface area (Å²) in [5, 5.41) is 0. The van der Waals surface area contributed by atoms with Crippen LogP contribution in [0.4, 0.5) is 0 Å². The summed E-state index contributed by atoms with van der Waals surface area (Å²) in [6.45, 7) is 7.00. The SMILES string of the molecule is COc1ccc(CCN(C)C(=O)CCN(CCN2CCOCC2)C(=O)c2cnc(C)cn2)cc1OC. The molecule has 2 heterocycles. The predicted octanol–water partition coefficient (Wildman–Crippen LogP) is 1.67. The number of hydrogen-bond donors (Lipinski definition) is 0. The van der Waals surface area contributed by atoms with Gasteiger partial charge in [-0.2, -0.15) is 0 Å². The molecule has 196 valence electrons. The van der Waals surface area contributed by atoms with Crippen molar-refractivity contribution in [3.8, 4) is 11.5 Å². The van der Waals surface area contributed by atoms with Gasteiger partial charge in [0.25, 0.3) is 5.91 Å². The molecule has 0 atom stereocenters. The van der Waals surface area contributed by atoms with Crippen molar-refractivity contribution in [3.05, 3.63) is 47.5 Å². The second kappa shape index (κ2) is 13.7. The number of carbonyl (C=O) groups excluding carboxylic acids is 2. The number of methoxy groups -OCH3 is 2. The van der Waals surface area contributed by atoms with Crippen LogP contribution in [0, 0.1) is 6.92 Å². The van der Waals surface area contributed by atoms with Gasteiger partial charge in [-0.05, 0) is 31.0 Å². The van der Waals surface area contributed by atoms with Crippen LogP contribution >= 0.6 is 0 Å². The summed E-state index contributed by atoms with van der Waals surface area (Å²) in [6, 6.07) is 5.75. The fourth-order valence-electron chi connectivity index (χ4n) is 3.95. The standard InChI is InChI=1S/C26H37N5O5/c1-20-18-28-22(19-27-20)26(33)31(12-11-30-13-15-36-16-14-30)10-8-25(32)29(2)9-7-21-5-6-23(34-3)24(17-21)35-4/h5-6,17-19H,7-16H2,1-4H3. The van der Waals surface area contributed by atoms with E-state index in [1.54, 1.807) is 37.3 Å². The number of amides is 2. The Hall–Kier alpha value is -3.24. The van der Waals surface area contributed by atoms with Gasteiger partial charge in [-0.1, -0.05) is 6.07 Å². The zero-order valence-corrected chi connectivity index (χ0v) is 21.7. The summed E-state index contributed by atoms with van der Waals surface area (Å²) >= 11 is 0. The summed E-state index contributed by atoms with van der Waals surface area (Å²) in [5.41, 5.74) is 2.09. The first-order chi connectivity index (χ1) is 17.4. The highest BCUT2D eigenvalue weighted by Crippen LogP contribution is 2.27. The maximum Gasteiger partial charge on any atom is 0.274 e. The van der Waals surface area contributed by atoms with Crippen LogP contribution in [-0.2, 0) is 16.0 Å². The smallest absolute Gasteiger partial charge is 0.274 e. The van der Waals surface area contributed by atoms with Crippen LogP contribution in [-0.4, -0.2) is 110 Å². The van der Waals surface area contributed by atoms with Crippen molar-refractivity contribution in [3.63, 3.8) is 0 Å². The molecule has 0 saturated carbocycles. The lowest BCUT2D eigenvalue weighted by atomic mass is 10.1. The van der Waals surface area contributed by atoms with Crippen molar-refractivity contribution >= 4 is 11.8 Å². The number of rotatable bonds is 12. The first-order valence-corrected chi connectivity index (χ1v) is 12.2. The van der Waals surface area contributed by atoms with Gasteiger partial charge in [0.2, 0.25) is 5.91 Å². The van der Waals surface area contributed by atoms with Gasteiger partial charge in [0.15, 0.2) is 11.5 Å². The third kappa shape index (κ3) is 7.89. The van der Waals surface area contributed by atoms with Crippen LogP contribution in [0.15, 0.2) is 30.6 Å². The third-order valence-electron chi connectivity index (χ3n) is 6.28. The van der Waals surface area contributed by atoms with Crippen molar-refractivity contribution in [2.45, 2.75) is 19.8 Å². The second-order valence-electron chi connectivity index (χ2n) is 8.79. The highest BCUT2D eigenvalue weighted by atomic mass is 16.5. The van der Waals surface area contributed by atoms with E-state index in [9.17, 15) is 9.59 Å². The Labute approximate surface area is 213 Å². The molecule has 0 N–H and O–H groups in total. The molecule has 0 aliphatic carbocycles. The topological polar surface area (TPSA) is 97.3 Å². The fourth-order valence-corrected chi connectivity index (χ4v) is 3.95. The maximum atomic E-state index is 13.2. The van der Waals surface area contributed by atoms with E-state index < -0.39 is 0 Å². The van der Waals surface area contributed by atoms with Gasteiger partial charge in [0.1, 0.15) is 5.69 Å². The van der Waals surface area contributed by atoms with E-state index in [1.165, 1.54) is 6.20 Å². The minimum Gasteiger partial charge on any atom is -0.493 e. The molecule has 10 nitrogen and oxygen atoms in total. The van der Waals surface area contributed by atoms with E-state index in [4.69, 9.17) is 14.2 Å². The van der Waals surface area contributed by atoms with E-state index in [0.717, 1.165) is 30.9 Å². The molecule has 1 aliphatic heterocycles. The van der Waals surface area contributed by atoms with E-state index in [0.29, 0.717) is 50.8 Å². The molecule has 0 bridgehead atoms. The fraction of sp³-hybridized carbons (Fsp3) is 0.538. The minimum absolute atomic E-state index is 0.0189. The highest BCUT2D eigenvalue weighted by molar-refractivity contribution is 5.92. The quantitative estimate of drug-likeness (QED) is 0.435. The van der Waals surface area contributed by atoms with Gasteiger partial charge in [-0.3, -0.25) is 19.5 Å². The summed E-state index contributed by atoms with van der Waals surface area (Å²) in [7, 11) is 4.99. The Morgan fingerprint density at radius 1 is 1.03 bits per heavy atom. The Balaban J connectivity index is 1.56. The summed E-state index contributed by atoms with van der Waals surface area (Å²) in [5.74, 6) is 1.11. The molecular weight excluding hydrogens is 462 g/mol. The molecule has 1 saturated heterocycles.